The summed E-state index contributed by atoms with van der Waals surface area (Å²) in [5.74, 6) is 1.48. The lowest BCUT2D eigenvalue weighted by atomic mass is 10.1. The van der Waals surface area contributed by atoms with Crippen molar-refractivity contribution in [1.82, 2.24) is 19.9 Å². The zero-order chi connectivity index (χ0) is 19.8. The molecule has 0 atom stereocenters. The third-order valence-electron chi connectivity index (χ3n) is 4.86. The molecule has 6 heteroatoms. The second-order valence-electron chi connectivity index (χ2n) is 6.87. The number of benzene rings is 2. The van der Waals surface area contributed by atoms with Crippen LogP contribution in [0.1, 0.15) is 17.5 Å². The summed E-state index contributed by atoms with van der Waals surface area (Å²) in [6, 6.07) is 16.3. The van der Waals surface area contributed by atoms with Crippen LogP contribution in [0, 0.1) is 6.92 Å². The van der Waals surface area contributed by atoms with Gasteiger partial charge in [0.15, 0.2) is 5.82 Å². The maximum absolute atomic E-state index is 4.85. The fourth-order valence-corrected chi connectivity index (χ4v) is 4.31. The number of para-hydroxylation sites is 1. The van der Waals surface area contributed by atoms with E-state index in [9.17, 15) is 0 Å². The molecule has 0 unspecified atom stereocenters. The molecule has 5 aromatic rings. The van der Waals surface area contributed by atoms with E-state index in [0.717, 1.165) is 50.5 Å². The van der Waals surface area contributed by atoms with Crippen LogP contribution < -0.4 is 5.32 Å². The number of nitrogens with one attached hydrogen (secondary N) is 1. The monoisotopic (exact) mass is 397 g/mol. The minimum absolute atomic E-state index is 0.684. The van der Waals surface area contributed by atoms with Gasteiger partial charge in [0.25, 0.3) is 0 Å². The average molecular weight is 398 g/mol. The van der Waals surface area contributed by atoms with E-state index in [4.69, 9.17) is 9.97 Å². The van der Waals surface area contributed by atoms with E-state index >= 15 is 0 Å². The molecule has 29 heavy (non-hydrogen) atoms. The van der Waals surface area contributed by atoms with Gasteiger partial charge >= 0.3 is 0 Å². The zero-order valence-electron chi connectivity index (χ0n) is 16.2. The van der Waals surface area contributed by atoms with E-state index in [1.165, 1.54) is 4.70 Å². The lowest BCUT2D eigenvalue weighted by Gasteiger charge is -2.12. The van der Waals surface area contributed by atoms with Crippen molar-refractivity contribution >= 4 is 44.0 Å². The summed E-state index contributed by atoms with van der Waals surface area (Å²) in [5.41, 5.74) is 5.04. The molecule has 1 N–H and O–H groups in total. The minimum atomic E-state index is 0.684. The van der Waals surface area contributed by atoms with Gasteiger partial charge in [0.2, 0.25) is 0 Å². The Morgan fingerprint density at radius 1 is 0.966 bits per heavy atom. The predicted octanol–water partition coefficient (Wildman–Crippen LogP) is 5.92. The van der Waals surface area contributed by atoms with Crippen LogP contribution in [0.5, 0.6) is 0 Å². The Morgan fingerprint density at radius 3 is 2.66 bits per heavy atom. The second kappa shape index (κ2) is 7.22. The van der Waals surface area contributed by atoms with E-state index < -0.39 is 0 Å². The first kappa shape index (κ1) is 17.7. The van der Waals surface area contributed by atoms with Crippen molar-refractivity contribution in [3.63, 3.8) is 0 Å². The van der Waals surface area contributed by atoms with E-state index in [1.807, 2.05) is 18.2 Å². The molecule has 5 nitrogen and oxygen atoms in total. The molecular formula is C23H19N5S. The first-order chi connectivity index (χ1) is 14.2. The van der Waals surface area contributed by atoms with Gasteiger partial charge in [0, 0.05) is 29.0 Å². The molecule has 0 saturated heterocycles. The summed E-state index contributed by atoms with van der Waals surface area (Å²) < 4.78 is 1.18. The molecule has 5 rings (SSSR count). The van der Waals surface area contributed by atoms with Gasteiger partial charge in [-0.15, -0.1) is 11.3 Å². The number of nitrogens with zero attached hydrogens (tertiary/aromatic N) is 4. The number of aryl methyl sites for hydroxylation is 2. The molecule has 0 radical (unpaired) electrons. The molecule has 142 valence electrons. The summed E-state index contributed by atoms with van der Waals surface area (Å²) in [6.45, 7) is 4.21. The molecule has 0 amide bonds. The number of aromatic nitrogens is 4. The zero-order valence-corrected chi connectivity index (χ0v) is 17.0. The largest absolute Gasteiger partial charge is 0.340 e. The number of hydrogen-bond acceptors (Lipinski definition) is 6. The van der Waals surface area contributed by atoms with Crippen LogP contribution in [0.2, 0.25) is 0 Å². The Balaban J connectivity index is 1.64. The number of rotatable bonds is 4. The lowest BCUT2D eigenvalue weighted by Crippen LogP contribution is -2.00. The summed E-state index contributed by atoms with van der Waals surface area (Å²) in [6.07, 6.45) is 4.47. The highest BCUT2D eigenvalue weighted by atomic mass is 32.1. The number of fused-ring (bicyclic) bond motifs is 2. The molecule has 3 heterocycles. The first-order valence-electron chi connectivity index (χ1n) is 9.55. The smallest absolute Gasteiger partial charge is 0.162 e. The Bertz CT molecular complexity index is 1330. The molecule has 0 spiro atoms. The van der Waals surface area contributed by atoms with Crippen LogP contribution in [0.25, 0.3) is 32.5 Å². The van der Waals surface area contributed by atoms with Gasteiger partial charge in [0.05, 0.1) is 20.7 Å². The van der Waals surface area contributed by atoms with Crippen LogP contribution in [-0.4, -0.2) is 19.9 Å². The van der Waals surface area contributed by atoms with Gasteiger partial charge in [-0.3, -0.25) is 4.98 Å². The fourth-order valence-electron chi connectivity index (χ4n) is 3.36. The second-order valence-corrected chi connectivity index (χ2v) is 7.99. The van der Waals surface area contributed by atoms with E-state index in [2.05, 4.69) is 59.5 Å². The Kier molecular flexibility index (Phi) is 4.41. The third kappa shape index (κ3) is 3.32. The third-order valence-corrected chi connectivity index (χ3v) is 6.03. The molecule has 0 fully saturated rings. The summed E-state index contributed by atoms with van der Waals surface area (Å²) in [7, 11) is 0. The van der Waals surface area contributed by atoms with E-state index in [0.29, 0.717) is 5.82 Å². The fraction of sp³-hybridized carbons (Fsp3) is 0.130. The SMILES string of the molecule is CCc1nc2ccc(Nc3nc(-c4ccncc4)nc4c(C)cccc34)cc2s1. The molecule has 0 aliphatic rings. The topological polar surface area (TPSA) is 63.6 Å². The molecule has 0 bridgehead atoms. The van der Waals surface area contributed by atoms with Gasteiger partial charge in [-0.1, -0.05) is 19.1 Å². The van der Waals surface area contributed by atoms with Crippen LogP contribution in [-0.2, 0) is 6.42 Å². The highest BCUT2D eigenvalue weighted by Gasteiger charge is 2.12. The molecule has 0 aliphatic heterocycles. The number of pyridine rings is 1. The van der Waals surface area contributed by atoms with Crippen molar-refractivity contribution in [3.8, 4) is 11.4 Å². The van der Waals surface area contributed by atoms with Gasteiger partial charge in [0.1, 0.15) is 5.82 Å². The highest BCUT2D eigenvalue weighted by Crippen LogP contribution is 2.31. The summed E-state index contributed by atoms with van der Waals surface area (Å²) in [5, 5.41) is 5.67. The minimum Gasteiger partial charge on any atom is -0.340 e. The average Bonchev–Trinajstić information content (AvgIpc) is 3.17. The van der Waals surface area contributed by atoms with E-state index in [-0.39, 0.29) is 0 Å². The quantitative estimate of drug-likeness (QED) is 0.408. The van der Waals surface area contributed by atoms with Gasteiger partial charge in [-0.05, 0) is 55.3 Å². The molecule has 0 saturated carbocycles. The van der Waals surface area contributed by atoms with Crippen molar-refractivity contribution in [2.45, 2.75) is 20.3 Å². The van der Waals surface area contributed by atoms with Crippen molar-refractivity contribution in [2.75, 3.05) is 5.32 Å². The Hall–Kier alpha value is -3.38. The summed E-state index contributed by atoms with van der Waals surface area (Å²) >= 11 is 1.74. The van der Waals surface area contributed by atoms with Crippen LogP contribution in [0.15, 0.2) is 60.9 Å². The molecular weight excluding hydrogens is 378 g/mol. The number of thiazole rings is 1. The molecule has 0 aliphatic carbocycles. The maximum Gasteiger partial charge on any atom is 0.162 e. The number of hydrogen-bond donors (Lipinski definition) is 1. The van der Waals surface area contributed by atoms with Gasteiger partial charge in [-0.2, -0.15) is 0 Å². The highest BCUT2D eigenvalue weighted by molar-refractivity contribution is 7.18. The summed E-state index contributed by atoms with van der Waals surface area (Å²) in [4.78, 5) is 18.4. The predicted molar refractivity (Wildman–Crippen MR) is 120 cm³/mol. The van der Waals surface area contributed by atoms with Crippen LogP contribution in [0.3, 0.4) is 0 Å². The first-order valence-corrected chi connectivity index (χ1v) is 10.4. The Labute approximate surface area is 172 Å². The lowest BCUT2D eigenvalue weighted by molar-refractivity contribution is 1.11. The maximum atomic E-state index is 4.85. The normalized spacial score (nSPS) is 11.2. The van der Waals surface area contributed by atoms with Crippen molar-refractivity contribution < 1.29 is 0 Å². The molecule has 3 aromatic heterocycles. The van der Waals surface area contributed by atoms with Gasteiger partial charge < -0.3 is 5.32 Å². The Morgan fingerprint density at radius 2 is 1.83 bits per heavy atom. The van der Waals surface area contributed by atoms with Crippen molar-refractivity contribution in [3.05, 3.63) is 71.5 Å². The van der Waals surface area contributed by atoms with Crippen molar-refractivity contribution in [1.29, 1.82) is 0 Å². The van der Waals surface area contributed by atoms with Crippen molar-refractivity contribution in [2.24, 2.45) is 0 Å². The van der Waals surface area contributed by atoms with Crippen LogP contribution in [0.4, 0.5) is 11.5 Å². The molecule has 2 aromatic carbocycles. The van der Waals surface area contributed by atoms with Crippen LogP contribution >= 0.6 is 11.3 Å². The number of anilines is 2. The van der Waals surface area contributed by atoms with E-state index in [1.54, 1.807) is 23.7 Å². The van der Waals surface area contributed by atoms with Gasteiger partial charge in [-0.25, -0.2) is 15.0 Å². The standard InChI is InChI=1S/C23H19N5S/c1-3-20-26-18-8-7-16(13-19(18)29-20)25-23-17-6-4-5-14(2)21(17)27-22(28-23)15-9-11-24-12-10-15/h4-13H,3H2,1-2H3,(H,25,27,28).